The number of aromatic nitrogens is 4. The summed E-state index contributed by atoms with van der Waals surface area (Å²) in [5.74, 6) is 0.758. The molecule has 31 heavy (non-hydrogen) atoms. The van der Waals surface area contributed by atoms with Crippen LogP contribution in [0.15, 0.2) is 61.1 Å². The van der Waals surface area contributed by atoms with Crippen molar-refractivity contribution >= 4 is 28.2 Å². The number of benzene rings is 2. The molecule has 1 aliphatic heterocycles. The van der Waals surface area contributed by atoms with E-state index in [2.05, 4.69) is 81.5 Å². The molecule has 1 atom stereocenters. The van der Waals surface area contributed by atoms with Crippen LogP contribution in [0.3, 0.4) is 0 Å². The van der Waals surface area contributed by atoms with Crippen molar-refractivity contribution in [3.63, 3.8) is 0 Å². The molecule has 0 aliphatic carbocycles. The topological polar surface area (TPSA) is 62.1 Å². The van der Waals surface area contributed by atoms with Crippen LogP contribution < -0.4 is 10.2 Å². The van der Waals surface area contributed by atoms with E-state index in [-0.39, 0.29) is 0 Å². The Kier molecular flexibility index (Phi) is 5.03. The molecule has 2 aromatic carbocycles. The minimum atomic E-state index is 0.616. The zero-order valence-electron chi connectivity index (χ0n) is 18.2. The fraction of sp³-hybridized carbons (Fsp3) is 0.292. The molecule has 1 fully saturated rings. The summed E-state index contributed by atoms with van der Waals surface area (Å²) in [6.45, 7) is 4.24. The first-order valence-electron chi connectivity index (χ1n) is 10.6. The first-order valence-corrected chi connectivity index (χ1v) is 10.6. The second kappa shape index (κ2) is 8.00. The Bertz CT molecular complexity index is 1200. The van der Waals surface area contributed by atoms with E-state index in [1.807, 2.05) is 29.1 Å². The standard InChI is InChI=1S/C24H27N7/c1-17-6-4-5-7-22(17)28-23-21-14-27-31(24(21)26-16-25-23)19-10-8-18(9-11-19)30-13-12-20(15-30)29(2)3/h4-11,14,16,20H,12-13,15H2,1-3H3,(H,25,26,28)/t20-/m0/s1. The number of nitrogens with zero attached hydrogens (tertiary/aromatic N) is 6. The SMILES string of the molecule is Cc1ccccc1Nc1ncnc2c1cnn2-c1ccc(N2CC[C@H](N(C)C)C2)cc1. The second-order valence-electron chi connectivity index (χ2n) is 8.32. The lowest BCUT2D eigenvalue weighted by Gasteiger charge is -2.22. The van der Waals surface area contributed by atoms with Gasteiger partial charge in [-0.2, -0.15) is 5.10 Å². The lowest BCUT2D eigenvalue weighted by molar-refractivity contribution is 0.315. The van der Waals surface area contributed by atoms with E-state index >= 15 is 0 Å². The molecular weight excluding hydrogens is 386 g/mol. The van der Waals surface area contributed by atoms with Gasteiger partial charge >= 0.3 is 0 Å². The lowest BCUT2D eigenvalue weighted by atomic mass is 10.2. The molecule has 4 aromatic rings. The van der Waals surface area contributed by atoms with Gasteiger partial charge in [-0.25, -0.2) is 14.6 Å². The third-order valence-corrected chi connectivity index (χ3v) is 6.12. The van der Waals surface area contributed by atoms with Crippen molar-refractivity contribution in [1.29, 1.82) is 0 Å². The van der Waals surface area contributed by atoms with Gasteiger partial charge in [-0.15, -0.1) is 0 Å². The molecule has 7 nitrogen and oxygen atoms in total. The molecular formula is C24H27N7. The van der Waals surface area contributed by atoms with Gasteiger partial charge in [-0.3, -0.25) is 0 Å². The van der Waals surface area contributed by atoms with Crippen LogP contribution in [0.4, 0.5) is 17.2 Å². The Labute approximate surface area is 182 Å². The molecule has 5 rings (SSSR count). The quantitative estimate of drug-likeness (QED) is 0.533. The smallest absolute Gasteiger partial charge is 0.168 e. The highest BCUT2D eigenvalue weighted by molar-refractivity contribution is 5.89. The van der Waals surface area contributed by atoms with Crippen molar-refractivity contribution in [3.8, 4) is 5.69 Å². The molecule has 0 bridgehead atoms. The van der Waals surface area contributed by atoms with Gasteiger partial charge in [0.15, 0.2) is 5.65 Å². The number of fused-ring (bicyclic) bond motifs is 1. The highest BCUT2D eigenvalue weighted by Gasteiger charge is 2.24. The Morgan fingerprint density at radius 1 is 1.00 bits per heavy atom. The predicted octanol–water partition coefficient (Wildman–Crippen LogP) is 4.01. The maximum absolute atomic E-state index is 4.61. The molecule has 1 saturated heterocycles. The number of likely N-dealkylation sites (N-methyl/N-ethyl adjacent to an activating group) is 1. The van der Waals surface area contributed by atoms with Crippen molar-refractivity contribution in [1.82, 2.24) is 24.6 Å². The molecule has 1 aliphatic rings. The van der Waals surface area contributed by atoms with Gasteiger partial charge in [0.1, 0.15) is 12.1 Å². The zero-order valence-corrected chi connectivity index (χ0v) is 18.2. The Balaban J connectivity index is 1.42. The zero-order chi connectivity index (χ0) is 21.4. The van der Waals surface area contributed by atoms with Crippen LogP contribution in [0, 0.1) is 6.92 Å². The minimum Gasteiger partial charge on any atom is -0.370 e. The van der Waals surface area contributed by atoms with Gasteiger partial charge in [0.25, 0.3) is 0 Å². The number of rotatable bonds is 5. The second-order valence-corrected chi connectivity index (χ2v) is 8.32. The molecule has 0 unspecified atom stereocenters. The molecule has 0 amide bonds. The summed E-state index contributed by atoms with van der Waals surface area (Å²) in [6.07, 6.45) is 4.61. The highest BCUT2D eigenvalue weighted by Crippen LogP contribution is 2.27. The molecule has 7 heteroatoms. The fourth-order valence-corrected chi connectivity index (χ4v) is 4.18. The van der Waals surface area contributed by atoms with Gasteiger partial charge < -0.3 is 15.1 Å². The normalized spacial score (nSPS) is 16.4. The summed E-state index contributed by atoms with van der Waals surface area (Å²) in [5, 5.41) is 8.92. The first kappa shape index (κ1) is 19.5. The van der Waals surface area contributed by atoms with Crippen LogP contribution >= 0.6 is 0 Å². The van der Waals surface area contributed by atoms with Crippen molar-refractivity contribution in [3.05, 3.63) is 66.6 Å². The van der Waals surface area contributed by atoms with Crippen LogP contribution in [0.5, 0.6) is 0 Å². The van der Waals surface area contributed by atoms with Gasteiger partial charge in [0.05, 0.1) is 17.3 Å². The van der Waals surface area contributed by atoms with E-state index in [0.29, 0.717) is 6.04 Å². The number of para-hydroxylation sites is 1. The van der Waals surface area contributed by atoms with Crippen LogP contribution in [-0.4, -0.2) is 57.9 Å². The summed E-state index contributed by atoms with van der Waals surface area (Å²) in [6, 6.07) is 17.4. The molecule has 0 spiro atoms. The van der Waals surface area contributed by atoms with Crippen molar-refractivity contribution in [2.24, 2.45) is 0 Å². The average Bonchev–Trinajstić information content (AvgIpc) is 3.44. The molecule has 0 saturated carbocycles. The van der Waals surface area contributed by atoms with Crippen LogP contribution in [-0.2, 0) is 0 Å². The Hall–Kier alpha value is -3.45. The van der Waals surface area contributed by atoms with Gasteiger partial charge in [0.2, 0.25) is 0 Å². The Morgan fingerprint density at radius 3 is 2.52 bits per heavy atom. The number of hydrogen-bond acceptors (Lipinski definition) is 6. The van der Waals surface area contributed by atoms with Gasteiger partial charge in [-0.05, 0) is 63.3 Å². The third-order valence-electron chi connectivity index (χ3n) is 6.12. The van der Waals surface area contributed by atoms with E-state index in [1.165, 1.54) is 12.1 Å². The molecule has 1 N–H and O–H groups in total. The number of nitrogens with one attached hydrogen (secondary N) is 1. The highest BCUT2D eigenvalue weighted by atomic mass is 15.3. The van der Waals surface area contributed by atoms with E-state index in [1.54, 1.807) is 6.33 Å². The van der Waals surface area contributed by atoms with Crippen molar-refractivity contribution in [2.75, 3.05) is 37.4 Å². The van der Waals surface area contributed by atoms with E-state index in [9.17, 15) is 0 Å². The van der Waals surface area contributed by atoms with E-state index in [0.717, 1.165) is 46.9 Å². The molecule has 0 radical (unpaired) electrons. The summed E-state index contributed by atoms with van der Waals surface area (Å²) >= 11 is 0. The number of anilines is 3. The van der Waals surface area contributed by atoms with Crippen LogP contribution in [0.25, 0.3) is 16.7 Å². The van der Waals surface area contributed by atoms with Gasteiger partial charge in [-0.1, -0.05) is 18.2 Å². The number of aryl methyl sites for hydroxylation is 1. The van der Waals surface area contributed by atoms with Crippen molar-refractivity contribution in [2.45, 2.75) is 19.4 Å². The molecule has 2 aromatic heterocycles. The number of hydrogen-bond donors (Lipinski definition) is 1. The maximum atomic E-state index is 4.61. The van der Waals surface area contributed by atoms with E-state index < -0.39 is 0 Å². The third kappa shape index (κ3) is 3.72. The summed E-state index contributed by atoms with van der Waals surface area (Å²) in [4.78, 5) is 13.7. The monoisotopic (exact) mass is 413 g/mol. The minimum absolute atomic E-state index is 0.616. The predicted molar refractivity (Wildman–Crippen MR) is 125 cm³/mol. The van der Waals surface area contributed by atoms with Crippen LogP contribution in [0.1, 0.15) is 12.0 Å². The van der Waals surface area contributed by atoms with E-state index in [4.69, 9.17) is 0 Å². The Morgan fingerprint density at radius 2 is 1.77 bits per heavy atom. The van der Waals surface area contributed by atoms with Crippen LogP contribution in [0.2, 0.25) is 0 Å². The lowest BCUT2D eigenvalue weighted by Crippen LogP contribution is -2.31. The van der Waals surface area contributed by atoms with Gasteiger partial charge in [0, 0.05) is 30.5 Å². The summed E-state index contributed by atoms with van der Waals surface area (Å²) in [7, 11) is 4.31. The average molecular weight is 414 g/mol. The maximum Gasteiger partial charge on any atom is 0.168 e. The largest absolute Gasteiger partial charge is 0.370 e. The first-order chi connectivity index (χ1) is 15.1. The molecule has 158 valence electrons. The molecule has 3 heterocycles. The summed E-state index contributed by atoms with van der Waals surface area (Å²) < 4.78 is 1.87. The fourth-order valence-electron chi connectivity index (χ4n) is 4.18. The summed E-state index contributed by atoms with van der Waals surface area (Å²) in [5.41, 5.74) is 5.22. The van der Waals surface area contributed by atoms with Crippen molar-refractivity contribution < 1.29 is 0 Å².